The van der Waals surface area contributed by atoms with E-state index in [9.17, 15) is 9.90 Å². The number of piperazine rings is 1. The Bertz CT molecular complexity index is 663. The molecule has 7 nitrogen and oxygen atoms in total. The summed E-state index contributed by atoms with van der Waals surface area (Å²) in [6, 6.07) is 7.64. The Morgan fingerprint density at radius 3 is 2.74 bits per heavy atom. The lowest BCUT2D eigenvalue weighted by Gasteiger charge is -2.35. The van der Waals surface area contributed by atoms with Gasteiger partial charge in [0.05, 0.1) is 11.6 Å². The van der Waals surface area contributed by atoms with Crippen molar-refractivity contribution in [1.29, 1.82) is 0 Å². The number of fused-ring (bicyclic) bond motifs is 1. The van der Waals surface area contributed by atoms with Gasteiger partial charge in [-0.2, -0.15) is 0 Å². The minimum Gasteiger partial charge on any atom is -0.392 e. The Kier molecular flexibility index (Phi) is 4.88. The maximum absolute atomic E-state index is 12.5. The molecule has 1 aromatic heterocycles. The van der Waals surface area contributed by atoms with Crippen molar-refractivity contribution >= 4 is 16.9 Å². The number of rotatable bonds is 5. The smallest absolute Gasteiger partial charge is 0.244 e. The molecule has 1 aromatic carbocycles. The molecule has 0 saturated carbocycles. The number of β-amino-alcohol motifs (C(OH)–C–C–N with tert-alkyl or cyclic N) is 1. The number of aliphatic hydroxyl groups is 1. The highest BCUT2D eigenvalue weighted by molar-refractivity contribution is 5.79. The number of amides is 1. The van der Waals surface area contributed by atoms with E-state index in [2.05, 4.69) is 15.2 Å². The summed E-state index contributed by atoms with van der Waals surface area (Å²) in [7, 11) is 0. The average Bonchev–Trinajstić information content (AvgIpc) is 2.98. The van der Waals surface area contributed by atoms with Crippen LogP contribution in [0.1, 0.15) is 13.3 Å². The molecule has 0 aliphatic carbocycles. The molecular weight excluding hydrogens is 294 g/mol. The summed E-state index contributed by atoms with van der Waals surface area (Å²) in [4.78, 5) is 16.5. The minimum atomic E-state index is -0.279. The highest BCUT2D eigenvalue weighted by Crippen LogP contribution is 2.11. The molecule has 1 aliphatic rings. The molecule has 7 heteroatoms. The lowest BCUT2D eigenvalue weighted by Crippen LogP contribution is -2.51. The molecule has 124 valence electrons. The molecule has 3 rings (SSSR count). The van der Waals surface area contributed by atoms with Crippen LogP contribution in [0.5, 0.6) is 0 Å². The van der Waals surface area contributed by atoms with Gasteiger partial charge in [0.2, 0.25) is 5.91 Å². The van der Waals surface area contributed by atoms with E-state index in [4.69, 9.17) is 0 Å². The molecule has 0 unspecified atom stereocenters. The lowest BCUT2D eigenvalue weighted by atomic mass is 10.2. The van der Waals surface area contributed by atoms with Crippen LogP contribution in [0.2, 0.25) is 0 Å². The number of hydrogen-bond acceptors (Lipinski definition) is 5. The third-order valence-electron chi connectivity index (χ3n) is 4.37. The van der Waals surface area contributed by atoms with Gasteiger partial charge in [-0.05, 0) is 18.6 Å². The number of nitrogens with zero attached hydrogens (tertiary/aromatic N) is 5. The second-order valence-corrected chi connectivity index (χ2v) is 5.98. The molecule has 23 heavy (non-hydrogen) atoms. The van der Waals surface area contributed by atoms with Crippen molar-refractivity contribution in [3.8, 4) is 0 Å². The van der Waals surface area contributed by atoms with Gasteiger partial charge in [-0.15, -0.1) is 5.10 Å². The van der Waals surface area contributed by atoms with Crippen LogP contribution in [-0.4, -0.2) is 74.6 Å². The first-order chi connectivity index (χ1) is 11.2. The van der Waals surface area contributed by atoms with Gasteiger partial charge >= 0.3 is 0 Å². The minimum absolute atomic E-state index is 0.0661. The topological polar surface area (TPSA) is 74.5 Å². The highest BCUT2D eigenvalue weighted by atomic mass is 16.3. The highest BCUT2D eigenvalue weighted by Gasteiger charge is 2.22. The first-order valence-corrected chi connectivity index (χ1v) is 8.14. The van der Waals surface area contributed by atoms with Gasteiger partial charge < -0.3 is 10.0 Å². The Hall–Kier alpha value is -1.99. The molecule has 1 N–H and O–H groups in total. The van der Waals surface area contributed by atoms with E-state index in [1.807, 2.05) is 36.1 Å². The van der Waals surface area contributed by atoms with Crippen molar-refractivity contribution in [3.63, 3.8) is 0 Å². The molecule has 0 spiro atoms. The zero-order valence-corrected chi connectivity index (χ0v) is 13.4. The molecule has 0 radical (unpaired) electrons. The summed E-state index contributed by atoms with van der Waals surface area (Å²) >= 11 is 0. The summed E-state index contributed by atoms with van der Waals surface area (Å²) in [5, 5.41) is 17.9. The largest absolute Gasteiger partial charge is 0.392 e. The predicted molar refractivity (Wildman–Crippen MR) is 86.8 cm³/mol. The standard InChI is InChI=1S/C16H23N5O2/c1-2-13(22)11-19-7-9-20(10-8-19)16(23)12-21-15-6-4-3-5-14(15)17-18-21/h3-6,13,22H,2,7-12H2,1H3/t13-/m0/s1. The molecular formula is C16H23N5O2. The zero-order chi connectivity index (χ0) is 16.2. The predicted octanol–water partition coefficient (Wildman–Crippen LogP) is 0.346. The molecule has 1 atom stereocenters. The third-order valence-corrected chi connectivity index (χ3v) is 4.37. The van der Waals surface area contributed by atoms with Crippen LogP contribution in [0.4, 0.5) is 0 Å². The normalized spacial score (nSPS) is 17.6. The molecule has 0 bridgehead atoms. The SMILES string of the molecule is CC[C@H](O)CN1CCN(C(=O)Cn2nnc3ccccc32)CC1. The Morgan fingerprint density at radius 2 is 2.00 bits per heavy atom. The number of carbonyl (C=O) groups excluding carboxylic acids is 1. The molecule has 1 saturated heterocycles. The van der Waals surface area contributed by atoms with Crippen LogP contribution in [-0.2, 0) is 11.3 Å². The van der Waals surface area contributed by atoms with E-state index in [-0.39, 0.29) is 18.6 Å². The van der Waals surface area contributed by atoms with E-state index in [1.54, 1.807) is 4.68 Å². The van der Waals surface area contributed by atoms with Gasteiger partial charge in [-0.1, -0.05) is 24.3 Å². The van der Waals surface area contributed by atoms with Crippen LogP contribution < -0.4 is 0 Å². The van der Waals surface area contributed by atoms with Crippen molar-refractivity contribution in [1.82, 2.24) is 24.8 Å². The van der Waals surface area contributed by atoms with E-state index < -0.39 is 0 Å². The number of aliphatic hydroxyl groups excluding tert-OH is 1. The summed E-state index contributed by atoms with van der Waals surface area (Å²) < 4.78 is 1.66. The van der Waals surface area contributed by atoms with Gasteiger partial charge in [-0.3, -0.25) is 9.69 Å². The fraction of sp³-hybridized carbons (Fsp3) is 0.562. The van der Waals surface area contributed by atoms with Gasteiger partial charge in [0, 0.05) is 32.7 Å². The van der Waals surface area contributed by atoms with Crippen LogP contribution in [0.15, 0.2) is 24.3 Å². The number of hydrogen-bond donors (Lipinski definition) is 1. The first kappa shape index (κ1) is 15.9. The van der Waals surface area contributed by atoms with Crippen molar-refractivity contribution in [2.24, 2.45) is 0 Å². The number of benzene rings is 1. The summed E-state index contributed by atoms with van der Waals surface area (Å²) in [5.74, 6) is 0.0661. The van der Waals surface area contributed by atoms with Crippen molar-refractivity contribution < 1.29 is 9.90 Å². The van der Waals surface area contributed by atoms with Crippen LogP contribution >= 0.6 is 0 Å². The Morgan fingerprint density at radius 1 is 1.26 bits per heavy atom. The van der Waals surface area contributed by atoms with Gasteiger partial charge in [0.25, 0.3) is 0 Å². The molecule has 1 fully saturated rings. The number of carbonyl (C=O) groups is 1. The van der Waals surface area contributed by atoms with Crippen molar-refractivity contribution in [2.45, 2.75) is 26.0 Å². The van der Waals surface area contributed by atoms with Crippen molar-refractivity contribution in [2.75, 3.05) is 32.7 Å². The van der Waals surface area contributed by atoms with Gasteiger partial charge in [-0.25, -0.2) is 4.68 Å². The van der Waals surface area contributed by atoms with Gasteiger partial charge in [0.1, 0.15) is 12.1 Å². The van der Waals surface area contributed by atoms with Crippen molar-refractivity contribution in [3.05, 3.63) is 24.3 Å². The molecule has 2 aromatic rings. The van der Waals surface area contributed by atoms with Crippen LogP contribution in [0, 0.1) is 0 Å². The summed E-state index contributed by atoms with van der Waals surface area (Å²) in [6.07, 6.45) is 0.483. The maximum atomic E-state index is 12.5. The second kappa shape index (κ2) is 7.06. The third kappa shape index (κ3) is 3.68. The summed E-state index contributed by atoms with van der Waals surface area (Å²) in [6.45, 7) is 5.89. The summed E-state index contributed by atoms with van der Waals surface area (Å²) in [5.41, 5.74) is 1.68. The first-order valence-electron chi connectivity index (χ1n) is 8.14. The maximum Gasteiger partial charge on any atom is 0.244 e. The average molecular weight is 317 g/mol. The molecule has 2 heterocycles. The second-order valence-electron chi connectivity index (χ2n) is 5.98. The van der Waals surface area contributed by atoms with E-state index in [0.29, 0.717) is 19.6 Å². The molecule has 1 aliphatic heterocycles. The fourth-order valence-corrected chi connectivity index (χ4v) is 2.87. The Labute approximate surface area is 135 Å². The fourth-order valence-electron chi connectivity index (χ4n) is 2.87. The van der Waals surface area contributed by atoms with Crippen LogP contribution in [0.3, 0.4) is 0 Å². The number of para-hydroxylation sites is 1. The monoisotopic (exact) mass is 317 g/mol. The number of aromatic nitrogens is 3. The Balaban J connectivity index is 1.56. The van der Waals surface area contributed by atoms with E-state index in [1.165, 1.54) is 0 Å². The van der Waals surface area contributed by atoms with E-state index in [0.717, 1.165) is 30.5 Å². The van der Waals surface area contributed by atoms with Crippen LogP contribution in [0.25, 0.3) is 11.0 Å². The van der Waals surface area contributed by atoms with E-state index >= 15 is 0 Å². The molecule has 1 amide bonds. The quantitative estimate of drug-likeness (QED) is 0.861. The van der Waals surface area contributed by atoms with Gasteiger partial charge in [0.15, 0.2) is 0 Å². The zero-order valence-electron chi connectivity index (χ0n) is 13.4. The lowest BCUT2D eigenvalue weighted by molar-refractivity contribution is -0.133.